The molecule has 2 rings (SSSR count). The summed E-state index contributed by atoms with van der Waals surface area (Å²) in [6.45, 7) is 3.75. The normalized spacial score (nSPS) is 22.3. The molecule has 1 fully saturated rings. The van der Waals surface area contributed by atoms with E-state index >= 15 is 0 Å². The first-order valence-electron chi connectivity index (χ1n) is 6.15. The maximum absolute atomic E-state index is 12.6. The molecule has 1 unspecified atom stereocenters. The Bertz CT molecular complexity index is 524. The molecule has 0 radical (unpaired) electrons. The van der Waals surface area contributed by atoms with Crippen molar-refractivity contribution in [2.75, 3.05) is 6.54 Å². The summed E-state index contributed by atoms with van der Waals surface area (Å²) in [6, 6.07) is 0.00425. The van der Waals surface area contributed by atoms with Gasteiger partial charge in [0.05, 0.1) is 12.3 Å². The third-order valence-electron chi connectivity index (χ3n) is 3.42. The molecule has 6 nitrogen and oxygen atoms in total. The van der Waals surface area contributed by atoms with Crippen molar-refractivity contribution in [1.29, 1.82) is 0 Å². The maximum Gasteiger partial charge on any atom is 0.247 e. The van der Waals surface area contributed by atoms with Crippen LogP contribution in [0.3, 0.4) is 0 Å². The molecule has 0 amide bonds. The average molecular weight is 273 g/mol. The van der Waals surface area contributed by atoms with Crippen LogP contribution >= 0.6 is 0 Å². The second-order valence-corrected chi connectivity index (χ2v) is 6.57. The Morgan fingerprint density at radius 2 is 2.22 bits per heavy atom. The van der Waals surface area contributed by atoms with Crippen LogP contribution in [-0.4, -0.2) is 40.6 Å². The van der Waals surface area contributed by atoms with E-state index in [-0.39, 0.29) is 23.2 Å². The fourth-order valence-electron chi connectivity index (χ4n) is 2.46. The molecule has 7 heteroatoms. The van der Waals surface area contributed by atoms with E-state index in [4.69, 9.17) is 0 Å². The van der Waals surface area contributed by atoms with E-state index in [9.17, 15) is 13.5 Å². The van der Waals surface area contributed by atoms with Crippen LogP contribution in [0, 0.1) is 6.92 Å². The van der Waals surface area contributed by atoms with E-state index in [1.165, 1.54) is 4.31 Å². The van der Waals surface area contributed by atoms with Gasteiger partial charge >= 0.3 is 0 Å². The lowest BCUT2D eigenvalue weighted by Gasteiger charge is -2.32. The zero-order chi connectivity index (χ0) is 13.3. The predicted molar refractivity (Wildman–Crippen MR) is 66.5 cm³/mol. The lowest BCUT2D eigenvalue weighted by Crippen LogP contribution is -2.42. The van der Waals surface area contributed by atoms with Gasteiger partial charge in [0.2, 0.25) is 10.0 Å². The Balaban J connectivity index is 2.44. The molecule has 2 heterocycles. The summed E-state index contributed by atoms with van der Waals surface area (Å²) in [4.78, 5) is 0.138. The summed E-state index contributed by atoms with van der Waals surface area (Å²) >= 11 is 0. The number of hydrogen-bond donors (Lipinski definition) is 2. The minimum Gasteiger partial charge on any atom is -0.390 e. The average Bonchev–Trinajstić information content (AvgIpc) is 2.71. The molecule has 0 spiro atoms. The highest BCUT2D eigenvalue weighted by atomic mass is 32.2. The van der Waals surface area contributed by atoms with E-state index in [0.717, 1.165) is 19.3 Å². The number of hydrogen-bond acceptors (Lipinski definition) is 4. The van der Waals surface area contributed by atoms with Crippen LogP contribution in [0.15, 0.2) is 4.90 Å². The lowest BCUT2D eigenvalue weighted by atomic mass is 10.1. The molecule has 0 aromatic carbocycles. The number of aryl methyl sites for hydroxylation is 1. The van der Waals surface area contributed by atoms with Crippen molar-refractivity contribution in [2.24, 2.45) is 0 Å². The van der Waals surface area contributed by atoms with Gasteiger partial charge in [-0.15, -0.1) is 0 Å². The largest absolute Gasteiger partial charge is 0.390 e. The predicted octanol–water partition coefficient (Wildman–Crippen LogP) is 0.774. The Labute approximate surface area is 107 Å². The molecule has 102 valence electrons. The molecular formula is C11H19N3O3S. The van der Waals surface area contributed by atoms with Crippen molar-refractivity contribution in [3.8, 4) is 0 Å². The summed E-state index contributed by atoms with van der Waals surface area (Å²) in [6.07, 6.45) is 2.82. The van der Waals surface area contributed by atoms with Crippen LogP contribution in [0.5, 0.6) is 0 Å². The Kier molecular flexibility index (Phi) is 3.74. The fraction of sp³-hybridized carbons (Fsp3) is 0.727. The monoisotopic (exact) mass is 273 g/mol. The Morgan fingerprint density at radius 1 is 1.50 bits per heavy atom. The first-order chi connectivity index (χ1) is 8.48. The standard InChI is InChI=1S/C11H19N3O3S/c1-8-5-3-4-6-14(8)18(16,17)11-9(2)12-13-10(11)7-15/h8,15H,3-7H2,1-2H3,(H,12,13). The third-order valence-corrected chi connectivity index (χ3v) is 5.64. The molecule has 1 aromatic heterocycles. The number of rotatable bonds is 3. The van der Waals surface area contributed by atoms with Crippen molar-refractivity contribution in [3.63, 3.8) is 0 Å². The SMILES string of the molecule is Cc1[nH]nc(CO)c1S(=O)(=O)N1CCCCC1C. The topological polar surface area (TPSA) is 86.3 Å². The minimum absolute atomic E-state index is 0.00425. The summed E-state index contributed by atoms with van der Waals surface area (Å²) in [7, 11) is -3.56. The van der Waals surface area contributed by atoms with Crippen LogP contribution < -0.4 is 0 Å². The quantitative estimate of drug-likeness (QED) is 0.852. The van der Waals surface area contributed by atoms with Crippen LogP contribution in [0.25, 0.3) is 0 Å². The smallest absolute Gasteiger partial charge is 0.247 e. The Morgan fingerprint density at radius 3 is 2.83 bits per heavy atom. The number of aliphatic hydroxyl groups is 1. The van der Waals surface area contributed by atoms with E-state index in [0.29, 0.717) is 12.2 Å². The van der Waals surface area contributed by atoms with Crippen molar-refractivity contribution in [2.45, 2.75) is 50.7 Å². The van der Waals surface area contributed by atoms with Crippen molar-refractivity contribution in [3.05, 3.63) is 11.4 Å². The van der Waals surface area contributed by atoms with Gasteiger partial charge in [0.15, 0.2) is 0 Å². The van der Waals surface area contributed by atoms with Gasteiger partial charge < -0.3 is 5.11 Å². The number of H-pyrrole nitrogens is 1. The molecule has 2 N–H and O–H groups in total. The van der Waals surface area contributed by atoms with E-state index in [1.807, 2.05) is 6.92 Å². The zero-order valence-electron chi connectivity index (χ0n) is 10.7. The van der Waals surface area contributed by atoms with Crippen LogP contribution in [0.1, 0.15) is 37.6 Å². The molecule has 1 saturated heterocycles. The van der Waals surface area contributed by atoms with Crippen molar-refractivity contribution < 1.29 is 13.5 Å². The molecule has 1 aromatic rings. The van der Waals surface area contributed by atoms with Gasteiger partial charge in [-0.3, -0.25) is 5.10 Å². The van der Waals surface area contributed by atoms with Crippen LogP contribution in [-0.2, 0) is 16.6 Å². The van der Waals surface area contributed by atoms with Gasteiger partial charge in [0.25, 0.3) is 0 Å². The van der Waals surface area contributed by atoms with Gasteiger partial charge in [-0.25, -0.2) is 8.42 Å². The number of aromatic amines is 1. The van der Waals surface area contributed by atoms with Crippen molar-refractivity contribution >= 4 is 10.0 Å². The highest BCUT2D eigenvalue weighted by Gasteiger charge is 2.34. The second kappa shape index (κ2) is 4.99. The molecule has 1 aliphatic heterocycles. The van der Waals surface area contributed by atoms with E-state index in [2.05, 4.69) is 10.2 Å². The van der Waals surface area contributed by atoms with Crippen LogP contribution in [0.2, 0.25) is 0 Å². The number of aliphatic hydroxyl groups excluding tert-OH is 1. The molecule has 18 heavy (non-hydrogen) atoms. The van der Waals surface area contributed by atoms with Gasteiger partial charge in [0.1, 0.15) is 10.6 Å². The number of sulfonamides is 1. The van der Waals surface area contributed by atoms with E-state index < -0.39 is 10.0 Å². The Hall–Kier alpha value is -0.920. The first kappa shape index (κ1) is 13.5. The minimum atomic E-state index is -3.56. The fourth-order valence-corrected chi connectivity index (χ4v) is 4.49. The molecule has 0 aliphatic carbocycles. The summed E-state index contributed by atoms with van der Waals surface area (Å²) in [5, 5.41) is 15.7. The second-order valence-electron chi connectivity index (χ2n) is 4.74. The highest BCUT2D eigenvalue weighted by molar-refractivity contribution is 7.89. The molecular weight excluding hydrogens is 254 g/mol. The number of nitrogens with one attached hydrogen (secondary N) is 1. The molecule has 0 bridgehead atoms. The number of piperidine rings is 1. The van der Waals surface area contributed by atoms with E-state index in [1.54, 1.807) is 6.92 Å². The lowest BCUT2D eigenvalue weighted by molar-refractivity contribution is 0.262. The highest BCUT2D eigenvalue weighted by Crippen LogP contribution is 2.28. The maximum atomic E-state index is 12.6. The van der Waals surface area contributed by atoms with Gasteiger partial charge in [-0.1, -0.05) is 6.42 Å². The van der Waals surface area contributed by atoms with Gasteiger partial charge in [-0.2, -0.15) is 9.40 Å². The number of aromatic nitrogens is 2. The summed E-state index contributed by atoms with van der Waals surface area (Å²) < 4.78 is 26.7. The van der Waals surface area contributed by atoms with Crippen molar-refractivity contribution in [1.82, 2.24) is 14.5 Å². The molecule has 1 atom stereocenters. The van der Waals surface area contributed by atoms with Crippen LogP contribution in [0.4, 0.5) is 0 Å². The summed E-state index contributed by atoms with van der Waals surface area (Å²) in [5.74, 6) is 0. The zero-order valence-corrected chi connectivity index (χ0v) is 11.5. The van der Waals surface area contributed by atoms with Gasteiger partial charge in [0, 0.05) is 12.6 Å². The molecule has 0 saturated carbocycles. The third kappa shape index (κ3) is 2.17. The van der Waals surface area contributed by atoms with Gasteiger partial charge in [-0.05, 0) is 26.7 Å². The summed E-state index contributed by atoms with van der Waals surface area (Å²) in [5.41, 5.74) is 0.682. The first-order valence-corrected chi connectivity index (χ1v) is 7.59. The number of nitrogens with zero attached hydrogens (tertiary/aromatic N) is 2. The molecule has 1 aliphatic rings.